The van der Waals surface area contributed by atoms with Gasteiger partial charge in [-0.3, -0.25) is 5.41 Å². The first-order valence-corrected chi connectivity index (χ1v) is 6.33. The molecule has 0 atom stereocenters. The monoisotopic (exact) mass is 244 g/mol. The molecule has 0 aliphatic rings. The van der Waals surface area contributed by atoms with Crippen LogP contribution in [0.25, 0.3) is 11.0 Å². The molecule has 0 spiro atoms. The molecule has 4 heteroatoms. The van der Waals surface area contributed by atoms with Gasteiger partial charge in [-0.1, -0.05) is 0 Å². The molecule has 0 bridgehead atoms. The summed E-state index contributed by atoms with van der Waals surface area (Å²) in [5, 5.41) is 7.19. The number of aromatic nitrogens is 2. The molecule has 0 aliphatic heterocycles. The first-order chi connectivity index (χ1) is 8.58. The average Bonchev–Trinajstić information content (AvgIpc) is 2.68. The van der Waals surface area contributed by atoms with Crippen molar-refractivity contribution >= 4 is 16.9 Å². The van der Waals surface area contributed by atoms with E-state index in [2.05, 4.69) is 35.5 Å². The highest BCUT2D eigenvalue weighted by atomic mass is 15.0. The SMILES string of the molecule is Cc1cc2ncn(CCCCC(=N)N)c2cc1C. The third-order valence-corrected chi connectivity index (χ3v) is 3.33. The molecule has 3 N–H and O–H groups in total. The van der Waals surface area contributed by atoms with Crippen LogP contribution in [0, 0.1) is 19.3 Å². The first kappa shape index (κ1) is 12.6. The maximum absolute atomic E-state index is 7.19. The van der Waals surface area contributed by atoms with E-state index in [1.54, 1.807) is 0 Å². The Morgan fingerprint density at radius 2 is 2.00 bits per heavy atom. The van der Waals surface area contributed by atoms with Gasteiger partial charge in [0.05, 0.1) is 23.2 Å². The van der Waals surface area contributed by atoms with Crippen molar-refractivity contribution in [3.63, 3.8) is 0 Å². The lowest BCUT2D eigenvalue weighted by Gasteiger charge is -2.05. The molecule has 0 fully saturated rings. The smallest absolute Gasteiger partial charge is 0.0958 e. The largest absolute Gasteiger partial charge is 0.388 e. The maximum atomic E-state index is 7.19. The van der Waals surface area contributed by atoms with E-state index in [4.69, 9.17) is 11.1 Å². The Hall–Kier alpha value is -1.84. The predicted octanol–water partition coefficient (Wildman–Crippen LogP) is 2.76. The predicted molar refractivity (Wildman–Crippen MR) is 75.0 cm³/mol. The summed E-state index contributed by atoms with van der Waals surface area (Å²) < 4.78 is 2.18. The molecule has 96 valence electrons. The van der Waals surface area contributed by atoms with Gasteiger partial charge >= 0.3 is 0 Å². The van der Waals surface area contributed by atoms with Gasteiger partial charge in [0.2, 0.25) is 0 Å². The lowest BCUT2D eigenvalue weighted by atomic mass is 10.1. The van der Waals surface area contributed by atoms with Gasteiger partial charge in [0, 0.05) is 13.0 Å². The Balaban J connectivity index is 2.09. The molecule has 2 aromatic rings. The minimum absolute atomic E-state index is 0.275. The molecule has 1 aromatic carbocycles. The normalized spacial score (nSPS) is 11.0. The number of hydrogen-bond donors (Lipinski definition) is 2. The number of fused-ring (bicyclic) bond motifs is 1. The number of nitrogens with zero attached hydrogens (tertiary/aromatic N) is 2. The van der Waals surface area contributed by atoms with Gasteiger partial charge in [-0.05, 0) is 49.9 Å². The van der Waals surface area contributed by atoms with Crippen molar-refractivity contribution in [2.45, 2.75) is 39.7 Å². The highest BCUT2D eigenvalue weighted by molar-refractivity contribution is 5.77. The zero-order valence-corrected chi connectivity index (χ0v) is 11.0. The van der Waals surface area contributed by atoms with Crippen LogP contribution >= 0.6 is 0 Å². The molecule has 18 heavy (non-hydrogen) atoms. The fraction of sp³-hybridized carbons (Fsp3) is 0.429. The van der Waals surface area contributed by atoms with Crippen molar-refractivity contribution in [2.24, 2.45) is 5.73 Å². The van der Waals surface area contributed by atoms with Crippen molar-refractivity contribution in [2.75, 3.05) is 0 Å². The highest BCUT2D eigenvalue weighted by Gasteiger charge is 2.04. The Morgan fingerprint density at radius 3 is 2.72 bits per heavy atom. The van der Waals surface area contributed by atoms with Crippen LogP contribution in [-0.2, 0) is 6.54 Å². The molecule has 1 heterocycles. The van der Waals surface area contributed by atoms with Crippen LogP contribution in [0.1, 0.15) is 30.4 Å². The van der Waals surface area contributed by atoms with Crippen LogP contribution in [0.15, 0.2) is 18.5 Å². The third-order valence-electron chi connectivity index (χ3n) is 3.33. The Bertz CT molecular complexity index is 568. The molecular weight excluding hydrogens is 224 g/mol. The number of rotatable bonds is 5. The second-order valence-electron chi connectivity index (χ2n) is 4.85. The van der Waals surface area contributed by atoms with E-state index in [1.807, 2.05) is 6.33 Å². The summed E-state index contributed by atoms with van der Waals surface area (Å²) in [4.78, 5) is 4.43. The average molecular weight is 244 g/mol. The van der Waals surface area contributed by atoms with Gasteiger partial charge in [-0.2, -0.15) is 0 Å². The van der Waals surface area contributed by atoms with Crippen molar-refractivity contribution in [3.05, 3.63) is 29.6 Å². The summed E-state index contributed by atoms with van der Waals surface area (Å²) >= 11 is 0. The molecule has 0 unspecified atom stereocenters. The topological polar surface area (TPSA) is 67.7 Å². The molecule has 2 rings (SSSR count). The van der Waals surface area contributed by atoms with Crippen LogP contribution in [0.4, 0.5) is 0 Å². The Kier molecular flexibility index (Phi) is 3.65. The van der Waals surface area contributed by atoms with Gasteiger partial charge in [0.25, 0.3) is 0 Å². The third kappa shape index (κ3) is 2.70. The summed E-state index contributed by atoms with van der Waals surface area (Å²) in [5.74, 6) is 0.275. The molecule has 0 amide bonds. The van der Waals surface area contributed by atoms with Crippen LogP contribution in [0.2, 0.25) is 0 Å². The molecule has 0 saturated carbocycles. The standard InChI is InChI=1S/C14H20N4/c1-10-7-12-13(8-11(10)2)18(9-17-12)6-4-3-5-14(15)16/h7-9H,3-6H2,1-2H3,(H3,15,16). The Labute approximate surface area is 107 Å². The van der Waals surface area contributed by atoms with Crippen LogP contribution in [-0.4, -0.2) is 15.4 Å². The molecule has 0 aliphatic carbocycles. The maximum Gasteiger partial charge on any atom is 0.0958 e. The summed E-state index contributed by atoms with van der Waals surface area (Å²) in [6, 6.07) is 4.33. The lowest BCUT2D eigenvalue weighted by molar-refractivity contribution is 0.631. The molecular formula is C14H20N4. The van der Waals surface area contributed by atoms with Crippen molar-refractivity contribution < 1.29 is 0 Å². The number of imidazole rings is 1. The van der Waals surface area contributed by atoms with Gasteiger partial charge in [-0.15, -0.1) is 0 Å². The molecule has 0 saturated heterocycles. The zero-order chi connectivity index (χ0) is 13.1. The van der Waals surface area contributed by atoms with E-state index in [-0.39, 0.29) is 5.84 Å². The van der Waals surface area contributed by atoms with E-state index in [9.17, 15) is 0 Å². The van der Waals surface area contributed by atoms with E-state index in [0.717, 1.165) is 24.9 Å². The number of unbranched alkanes of at least 4 members (excludes halogenated alkanes) is 1. The van der Waals surface area contributed by atoms with Crippen molar-refractivity contribution in [3.8, 4) is 0 Å². The molecule has 0 radical (unpaired) electrons. The van der Waals surface area contributed by atoms with E-state index in [1.165, 1.54) is 16.6 Å². The second-order valence-corrected chi connectivity index (χ2v) is 4.85. The van der Waals surface area contributed by atoms with Crippen molar-refractivity contribution in [1.29, 1.82) is 5.41 Å². The number of benzene rings is 1. The number of amidine groups is 1. The van der Waals surface area contributed by atoms with E-state index < -0.39 is 0 Å². The minimum Gasteiger partial charge on any atom is -0.388 e. The van der Waals surface area contributed by atoms with Gasteiger partial charge in [-0.25, -0.2) is 4.98 Å². The zero-order valence-electron chi connectivity index (χ0n) is 11.0. The van der Waals surface area contributed by atoms with Crippen LogP contribution < -0.4 is 5.73 Å². The highest BCUT2D eigenvalue weighted by Crippen LogP contribution is 2.18. The minimum atomic E-state index is 0.275. The van der Waals surface area contributed by atoms with Crippen molar-refractivity contribution in [1.82, 2.24) is 9.55 Å². The quantitative estimate of drug-likeness (QED) is 0.482. The summed E-state index contributed by atoms with van der Waals surface area (Å²) in [5.41, 5.74) is 10.2. The van der Waals surface area contributed by atoms with E-state index in [0.29, 0.717) is 6.42 Å². The number of hydrogen-bond acceptors (Lipinski definition) is 2. The van der Waals surface area contributed by atoms with E-state index >= 15 is 0 Å². The second kappa shape index (κ2) is 5.21. The van der Waals surface area contributed by atoms with Gasteiger partial charge in [0.1, 0.15) is 0 Å². The lowest BCUT2D eigenvalue weighted by Crippen LogP contribution is -2.09. The van der Waals surface area contributed by atoms with Gasteiger partial charge < -0.3 is 10.3 Å². The summed E-state index contributed by atoms with van der Waals surface area (Å²) in [6.07, 6.45) is 4.57. The fourth-order valence-electron chi connectivity index (χ4n) is 2.09. The fourth-order valence-corrected chi connectivity index (χ4v) is 2.09. The van der Waals surface area contributed by atoms with Crippen LogP contribution in [0.3, 0.4) is 0 Å². The number of aryl methyl sites for hydroxylation is 3. The van der Waals surface area contributed by atoms with Gasteiger partial charge in [0.15, 0.2) is 0 Å². The summed E-state index contributed by atoms with van der Waals surface area (Å²) in [6.45, 7) is 5.18. The first-order valence-electron chi connectivity index (χ1n) is 6.33. The number of nitrogens with two attached hydrogens (primary N) is 1. The number of nitrogens with one attached hydrogen (secondary N) is 1. The Morgan fingerprint density at radius 1 is 1.28 bits per heavy atom. The summed E-state index contributed by atoms with van der Waals surface area (Å²) in [7, 11) is 0. The molecule has 4 nitrogen and oxygen atoms in total. The van der Waals surface area contributed by atoms with Crippen LogP contribution in [0.5, 0.6) is 0 Å². The molecule has 1 aromatic heterocycles.